The molecule has 1 aliphatic carbocycles. The van der Waals surface area contributed by atoms with Gasteiger partial charge in [0, 0.05) is 18.2 Å². The Kier molecular flexibility index (Phi) is 4.38. The molecule has 3 nitrogen and oxygen atoms in total. The summed E-state index contributed by atoms with van der Waals surface area (Å²) in [5.41, 5.74) is 5.70. The van der Waals surface area contributed by atoms with Crippen molar-refractivity contribution in [2.45, 2.75) is 32.7 Å². The van der Waals surface area contributed by atoms with E-state index in [-0.39, 0.29) is 17.4 Å². The normalized spacial score (nSPS) is 32.5. The highest BCUT2D eigenvalue weighted by Crippen LogP contribution is 2.56. The van der Waals surface area contributed by atoms with E-state index in [1.807, 2.05) is 13.8 Å². The molecule has 0 amide bonds. The minimum absolute atomic E-state index is 0.0279. The number of rotatable bonds is 7. The minimum atomic E-state index is -2.41. The van der Waals surface area contributed by atoms with Gasteiger partial charge in [0.05, 0.1) is 6.61 Å². The number of hydrogen-bond acceptors (Lipinski definition) is 3. The van der Waals surface area contributed by atoms with E-state index in [2.05, 4.69) is 0 Å². The van der Waals surface area contributed by atoms with Crippen molar-refractivity contribution in [2.24, 2.45) is 23.0 Å². The first kappa shape index (κ1) is 13.5. The Morgan fingerprint density at radius 3 is 2.69 bits per heavy atom. The Morgan fingerprint density at radius 1 is 1.62 bits per heavy atom. The first-order chi connectivity index (χ1) is 7.40. The molecular formula is C11H20F2N2O. The van der Waals surface area contributed by atoms with Crippen molar-refractivity contribution in [3.63, 3.8) is 0 Å². The smallest absolute Gasteiger partial charge is 0.261 e. The molecular weight excluding hydrogens is 214 g/mol. The van der Waals surface area contributed by atoms with Crippen molar-refractivity contribution in [3.8, 4) is 0 Å². The summed E-state index contributed by atoms with van der Waals surface area (Å²) < 4.78 is 28.8. The number of hydrogen-bond donors (Lipinski definition) is 2. The van der Waals surface area contributed by atoms with Gasteiger partial charge in [0.25, 0.3) is 6.43 Å². The minimum Gasteiger partial charge on any atom is -0.375 e. The fourth-order valence-corrected chi connectivity index (χ4v) is 2.23. The molecule has 16 heavy (non-hydrogen) atoms. The lowest BCUT2D eigenvalue weighted by atomic mass is 9.92. The predicted octanol–water partition coefficient (Wildman–Crippen LogP) is 1.91. The molecule has 0 aliphatic heterocycles. The van der Waals surface area contributed by atoms with Crippen LogP contribution in [0.4, 0.5) is 8.78 Å². The zero-order valence-electron chi connectivity index (χ0n) is 9.75. The van der Waals surface area contributed by atoms with Gasteiger partial charge in [-0.2, -0.15) is 0 Å². The maximum Gasteiger partial charge on any atom is 0.261 e. The molecule has 4 atom stereocenters. The lowest BCUT2D eigenvalue weighted by Gasteiger charge is -2.19. The third-order valence-corrected chi connectivity index (χ3v) is 3.36. The molecule has 0 aromatic rings. The standard InChI is InChI=1S/C11H20F2N2O/c1-7(15)8(4-14)9-3-11(9,2)6-16-5-10(12)13/h4,7-10,14H,3,5-6,15H2,1-2H3/t7?,8?,9-,11?/m1/s1. The number of nitrogens with two attached hydrogens (primary N) is 1. The molecule has 1 aliphatic rings. The lowest BCUT2D eigenvalue weighted by molar-refractivity contribution is -0.000952. The van der Waals surface area contributed by atoms with Gasteiger partial charge in [-0.1, -0.05) is 6.92 Å². The molecule has 0 radical (unpaired) electrons. The van der Waals surface area contributed by atoms with Gasteiger partial charge in [0.2, 0.25) is 0 Å². The molecule has 0 saturated heterocycles. The second-order valence-corrected chi connectivity index (χ2v) is 4.97. The highest BCUT2D eigenvalue weighted by Gasteiger charge is 2.54. The number of alkyl halides is 2. The molecule has 0 aromatic heterocycles. The Hall–Kier alpha value is -0.550. The van der Waals surface area contributed by atoms with E-state index in [4.69, 9.17) is 15.9 Å². The summed E-state index contributed by atoms with van der Waals surface area (Å²) >= 11 is 0. The van der Waals surface area contributed by atoms with Crippen molar-refractivity contribution < 1.29 is 13.5 Å². The number of nitrogens with one attached hydrogen (secondary N) is 1. The summed E-state index contributed by atoms with van der Waals surface area (Å²) in [5.74, 6) is 0.322. The van der Waals surface area contributed by atoms with E-state index in [9.17, 15) is 8.78 Å². The molecule has 3 unspecified atom stereocenters. The molecule has 1 rings (SSSR count). The zero-order valence-corrected chi connectivity index (χ0v) is 9.75. The Bertz CT molecular complexity index is 248. The van der Waals surface area contributed by atoms with Gasteiger partial charge in [-0.05, 0) is 24.7 Å². The van der Waals surface area contributed by atoms with Crippen LogP contribution in [0.25, 0.3) is 0 Å². The third-order valence-electron chi connectivity index (χ3n) is 3.36. The average Bonchev–Trinajstić information content (AvgIpc) is 2.77. The summed E-state index contributed by atoms with van der Waals surface area (Å²) in [6, 6.07) is -0.0700. The van der Waals surface area contributed by atoms with Gasteiger partial charge in [0.1, 0.15) is 6.61 Å². The summed E-state index contributed by atoms with van der Waals surface area (Å²) in [6.45, 7) is 3.70. The second kappa shape index (κ2) is 5.19. The first-order valence-corrected chi connectivity index (χ1v) is 5.53. The van der Waals surface area contributed by atoms with Crippen molar-refractivity contribution in [1.29, 1.82) is 5.41 Å². The van der Waals surface area contributed by atoms with Gasteiger partial charge in [0.15, 0.2) is 0 Å². The van der Waals surface area contributed by atoms with Gasteiger partial charge >= 0.3 is 0 Å². The van der Waals surface area contributed by atoms with Crippen LogP contribution in [0.1, 0.15) is 20.3 Å². The Labute approximate surface area is 94.9 Å². The zero-order chi connectivity index (χ0) is 12.3. The van der Waals surface area contributed by atoms with E-state index >= 15 is 0 Å². The maximum atomic E-state index is 11.9. The van der Waals surface area contributed by atoms with Crippen LogP contribution in [0, 0.1) is 22.7 Å². The van der Waals surface area contributed by atoms with E-state index in [1.165, 1.54) is 6.21 Å². The fraction of sp³-hybridized carbons (Fsp3) is 0.909. The van der Waals surface area contributed by atoms with E-state index in [0.29, 0.717) is 12.5 Å². The molecule has 0 aromatic carbocycles. The van der Waals surface area contributed by atoms with Crippen LogP contribution in [0.5, 0.6) is 0 Å². The van der Waals surface area contributed by atoms with Crippen LogP contribution in [0.3, 0.4) is 0 Å². The van der Waals surface area contributed by atoms with Gasteiger partial charge in [-0.25, -0.2) is 8.78 Å². The Morgan fingerprint density at radius 2 is 2.25 bits per heavy atom. The predicted molar refractivity (Wildman–Crippen MR) is 59.0 cm³/mol. The molecule has 3 N–H and O–H groups in total. The van der Waals surface area contributed by atoms with Crippen LogP contribution in [0.2, 0.25) is 0 Å². The van der Waals surface area contributed by atoms with Gasteiger partial charge in [-0.15, -0.1) is 0 Å². The molecule has 0 heterocycles. The maximum absolute atomic E-state index is 11.9. The monoisotopic (exact) mass is 234 g/mol. The average molecular weight is 234 g/mol. The van der Waals surface area contributed by atoms with Crippen LogP contribution >= 0.6 is 0 Å². The van der Waals surface area contributed by atoms with E-state index in [0.717, 1.165) is 6.42 Å². The molecule has 5 heteroatoms. The van der Waals surface area contributed by atoms with Crippen LogP contribution in [0.15, 0.2) is 0 Å². The van der Waals surface area contributed by atoms with Crippen molar-refractivity contribution >= 4 is 6.21 Å². The van der Waals surface area contributed by atoms with Crippen molar-refractivity contribution in [1.82, 2.24) is 0 Å². The molecule has 0 bridgehead atoms. The molecule has 94 valence electrons. The quantitative estimate of drug-likeness (QED) is 0.661. The van der Waals surface area contributed by atoms with Crippen LogP contribution < -0.4 is 5.73 Å². The second-order valence-electron chi connectivity index (χ2n) is 4.97. The molecule has 0 spiro atoms. The lowest BCUT2D eigenvalue weighted by Crippen LogP contribution is -2.31. The number of ether oxygens (including phenoxy) is 1. The molecule has 1 saturated carbocycles. The third kappa shape index (κ3) is 3.22. The van der Waals surface area contributed by atoms with Gasteiger partial charge < -0.3 is 15.9 Å². The Balaban J connectivity index is 2.37. The van der Waals surface area contributed by atoms with E-state index < -0.39 is 13.0 Å². The summed E-state index contributed by atoms with van der Waals surface area (Å²) in [5, 5.41) is 7.32. The fourth-order valence-electron chi connectivity index (χ4n) is 2.23. The topological polar surface area (TPSA) is 59.1 Å². The SMILES string of the molecule is CC(N)C(C=N)[C@H]1CC1(C)COCC(F)F. The van der Waals surface area contributed by atoms with Crippen molar-refractivity contribution in [3.05, 3.63) is 0 Å². The van der Waals surface area contributed by atoms with Crippen molar-refractivity contribution in [2.75, 3.05) is 13.2 Å². The summed E-state index contributed by atoms with van der Waals surface area (Å²) in [7, 11) is 0. The molecule has 1 fully saturated rings. The van der Waals surface area contributed by atoms with E-state index in [1.54, 1.807) is 0 Å². The van der Waals surface area contributed by atoms with Crippen LogP contribution in [-0.2, 0) is 4.74 Å². The van der Waals surface area contributed by atoms with Crippen LogP contribution in [-0.4, -0.2) is 31.9 Å². The summed E-state index contributed by atoms with van der Waals surface area (Å²) in [4.78, 5) is 0. The highest BCUT2D eigenvalue weighted by atomic mass is 19.3. The number of halogens is 2. The largest absolute Gasteiger partial charge is 0.375 e. The van der Waals surface area contributed by atoms with Gasteiger partial charge in [-0.3, -0.25) is 0 Å². The first-order valence-electron chi connectivity index (χ1n) is 5.53. The highest BCUT2D eigenvalue weighted by molar-refractivity contribution is 5.59. The summed E-state index contributed by atoms with van der Waals surface area (Å²) in [6.07, 6.45) is -0.140.